The number of aryl methyl sites for hydroxylation is 1. The molecule has 28 heavy (non-hydrogen) atoms. The molecule has 1 aliphatic carbocycles. The summed E-state index contributed by atoms with van der Waals surface area (Å²) >= 11 is 0. The molecule has 5 heteroatoms. The zero-order valence-corrected chi connectivity index (χ0v) is 17.2. The van der Waals surface area contributed by atoms with E-state index in [9.17, 15) is 13.2 Å². The van der Waals surface area contributed by atoms with Gasteiger partial charge in [0.2, 0.25) is 0 Å². The molecule has 2 N–H and O–H groups in total. The highest BCUT2D eigenvalue weighted by Crippen LogP contribution is 2.41. The number of nitrogens with zero attached hydrogens (tertiary/aromatic N) is 1. The second-order valence-electron chi connectivity index (χ2n) is 5.94. The molecule has 0 fully saturated rings. The van der Waals surface area contributed by atoms with Crippen molar-refractivity contribution in [2.75, 3.05) is 6.54 Å². The van der Waals surface area contributed by atoms with Crippen molar-refractivity contribution in [1.29, 1.82) is 0 Å². The highest BCUT2D eigenvalue weighted by Gasteiger charge is 2.39. The van der Waals surface area contributed by atoms with E-state index >= 15 is 0 Å². The van der Waals surface area contributed by atoms with E-state index in [1.54, 1.807) is 43.4 Å². The Kier molecular flexibility index (Phi) is 11.8. The van der Waals surface area contributed by atoms with Crippen molar-refractivity contribution < 1.29 is 13.2 Å². The second-order valence-corrected chi connectivity index (χ2v) is 5.94. The Labute approximate surface area is 167 Å². The summed E-state index contributed by atoms with van der Waals surface area (Å²) in [5, 5.41) is 0. The molecule has 0 saturated carbocycles. The van der Waals surface area contributed by atoms with E-state index in [-0.39, 0.29) is 5.57 Å². The number of hydrogen-bond acceptors (Lipinski definition) is 2. The molecule has 1 atom stereocenters. The first-order valence-corrected chi connectivity index (χ1v) is 9.29. The van der Waals surface area contributed by atoms with E-state index in [4.69, 9.17) is 5.73 Å². The minimum Gasteiger partial charge on any atom is -0.326 e. The van der Waals surface area contributed by atoms with Crippen LogP contribution < -0.4 is 5.73 Å². The monoisotopic (exact) mass is 392 g/mol. The maximum atomic E-state index is 13.1. The Morgan fingerprint density at radius 1 is 1.29 bits per heavy atom. The molecule has 1 heterocycles. The molecule has 0 radical (unpaired) electrons. The van der Waals surface area contributed by atoms with E-state index in [0.717, 1.165) is 11.3 Å². The maximum Gasteiger partial charge on any atom is 0.413 e. The number of nitrogens with two attached hydrogens (primary N) is 1. The third-order valence-corrected chi connectivity index (χ3v) is 3.91. The summed E-state index contributed by atoms with van der Waals surface area (Å²) in [5.74, 6) is -0.508. The first-order valence-electron chi connectivity index (χ1n) is 9.29. The first-order chi connectivity index (χ1) is 13.2. The van der Waals surface area contributed by atoms with Crippen LogP contribution in [0.25, 0.3) is 5.57 Å². The lowest BCUT2D eigenvalue weighted by Crippen LogP contribution is -2.21. The SMILES string of the molecule is C=C/C=C(\C=C)CN.CC.Cc1ccc(C2=C(C(F)(F)F)C(C)CC=C2)cn1. The predicted molar refractivity (Wildman–Crippen MR) is 114 cm³/mol. The average Bonchev–Trinajstić information content (AvgIpc) is 2.67. The number of allylic oxidation sites excluding steroid dienone is 6. The predicted octanol–water partition coefficient (Wildman–Crippen LogP) is 6.57. The standard InChI is InChI=1S/C14H14F3N.C7H11N.C2H6/c1-9-4-3-5-12(13(9)14(15,16)17)11-7-6-10(2)18-8-11;1-3-5-7(4-2)6-8;1-2/h3,5-9H,4H2,1-2H3;3-5H,1-2,6,8H2;1-2H3/b;7-5+;. The lowest BCUT2D eigenvalue weighted by atomic mass is 9.85. The summed E-state index contributed by atoms with van der Waals surface area (Å²) < 4.78 is 39.3. The zero-order valence-electron chi connectivity index (χ0n) is 17.2. The van der Waals surface area contributed by atoms with Gasteiger partial charge in [-0.05, 0) is 36.5 Å². The fourth-order valence-electron chi connectivity index (χ4n) is 2.54. The van der Waals surface area contributed by atoms with Gasteiger partial charge in [0.15, 0.2) is 0 Å². The van der Waals surface area contributed by atoms with Crippen LogP contribution >= 0.6 is 0 Å². The van der Waals surface area contributed by atoms with Crippen LogP contribution in [0.2, 0.25) is 0 Å². The molecule has 0 spiro atoms. The Hall–Kier alpha value is -2.40. The Morgan fingerprint density at radius 3 is 2.32 bits per heavy atom. The van der Waals surface area contributed by atoms with Gasteiger partial charge in [-0.25, -0.2) is 0 Å². The van der Waals surface area contributed by atoms with E-state index in [0.29, 0.717) is 18.5 Å². The fourth-order valence-corrected chi connectivity index (χ4v) is 2.54. The third kappa shape index (κ3) is 8.09. The highest BCUT2D eigenvalue weighted by molar-refractivity contribution is 5.78. The summed E-state index contributed by atoms with van der Waals surface area (Å²) in [4.78, 5) is 4.06. The van der Waals surface area contributed by atoms with Crippen LogP contribution in [0.5, 0.6) is 0 Å². The van der Waals surface area contributed by atoms with Gasteiger partial charge in [0.25, 0.3) is 0 Å². The van der Waals surface area contributed by atoms with Crippen molar-refractivity contribution >= 4 is 5.57 Å². The number of alkyl halides is 3. The molecule has 0 aromatic carbocycles. The molecule has 1 aromatic rings. The number of aromatic nitrogens is 1. The highest BCUT2D eigenvalue weighted by atomic mass is 19.4. The number of halogens is 3. The molecular weight excluding hydrogens is 361 g/mol. The van der Waals surface area contributed by atoms with Crippen LogP contribution in [0.3, 0.4) is 0 Å². The van der Waals surface area contributed by atoms with E-state index in [2.05, 4.69) is 18.1 Å². The number of rotatable bonds is 4. The van der Waals surface area contributed by atoms with Gasteiger partial charge >= 0.3 is 6.18 Å². The lowest BCUT2D eigenvalue weighted by molar-refractivity contribution is -0.0976. The molecular formula is C23H31F3N2. The average molecular weight is 393 g/mol. The van der Waals surface area contributed by atoms with Gasteiger partial charge in [0.1, 0.15) is 0 Å². The Balaban J connectivity index is 0.000000618. The van der Waals surface area contributed by atoms with Crippen LogP contribution in [0.1, 0.15) is 38.4 Å². The smallest absolute Gasteiger partial charge is 0.326 e. The molecule has 1 aliphatic rings. The maximum absolute atomic E-state index is 13.1. The van der Waals surface area contributed by atoms with Crippen molar-refractivity contribution in [2.24, 2.45) is 11.7 Å². The molecule has 0 saturated heterocycles. The van der Waals surface area contributed by atoms with Gasteiger partial charge in [-0.2, -0.15) is 13.2 Å². The first kappa shape index (κ1) is 25.6. The largest absolute Gasteiger partial charge is 0.413 e. The summed E-state index contributed by atoms with van der Waals surface area (Å²) in [6.45, 7) is 15.0. The summed E-state index contributed by atoms with van der Waals surface area (Å²) in [7, 11) is 0. The molecule has 1 aromatic heterocycles. The quantitative estimate of drug-likeness (QED) is 0.588. The normalized spacial score (nSPS) is 16.4. The second kappa shape index (κ2) is 12.9. The van der Waals surface area contributed by atoms with Crippen molar-refractivity contribution in [1.82, 2.24) is 4.98 Å². The molecule has 2 rings (SSSR count). The van der Waals surface area contributed by atoms with E-state index < -0.39 is 17.7 Å². The molecule has 2 nitrogen and oxygen atoms in total. The van der Waals surface area contributed by atoms with Crippen molar-refractivity contribution in [3.05, 3.63) is 84.3 Å². The third-order valence-electron chi connectivity index (χ3n) is 3.91. The molecule has 0 bridgehead atoms. The van der Waals surface area contributed by atoms with Gasteiger partial charge < -0.3 is 5.73 Å². The zero-order chi connectivity index (χ0) is 21.7. The summed E-state index contributed by atoms with van der Waals surface area (Å²) in [6, 6.07) is 3.41. The van der Waals surface area contributed by atoms with Crippen molar-refractivity contribution in [3.63, 3.8) is 0 Å². The van der Waals surface area contributed by atoms with Crippen LogP contribution in [-0.2, 0) is 0 Å². The minimum atomic E-state index is -4.29. The van der Waals surface area contributed by atoms with Crippen molar-refractivity contribution in [2.45, 2.75) is 40.3 Å². The topological polar surface area (TPSA) is 38.9 Å². The van der Waals surface area contributed by atoms with Gasteiger partial charge in [0.05, 0.1) is 0 Å². The number of pyridine rings is 1. The van der Waals surface area contributed by atoms with Crippen molar-refractivity contribution in [3.8, 4) is 0 Å². The van der Waals surface area contributed by atoms with Crippen LogP contribution in [-0.4, -0.2) is 17.7 Å². The summed E-state index contributed by atoms with van der Waals surface area (Å²) in [5.41, 5.74) is 7.41. The van der Waals surface area contributed by atoms with Gasteiger partial charge in [0, 0.05) is 29.6 Å². The molecule has 154 valence electrons. The van der Waals surface area contributed by atoms with Gasteiger partial charge in [-0.1, -0.05) is 70.4 Å². The van der Waals surface area contributed by atoms with Gasteiger partial charge in [-0.15, -0.1) is 0 Å². The number of hydrogen-bond donors (Lipinski definition) is 1. The Morgan fingerprint density at radius 2 is 1.93 bits per heavy atom. The lowest BCUT2D eigenvalue weighted by Gasteiger charge is -2.24. The molecule has 1 unspecified atom stereocenters. The van der Waals surface area contributed by atoms with Crippen LogP contribution in [0.4, 0.5) is 13.2 Å². The molecule has 0 amide bonds. The van der Waals surface area contributed by atoms with E-state index in [1.165, 1.54) is 6.20 Å². The molecule has 0 aliphatic heterocycles. The van der Waals surface area contributed by atoms with Gasteiger partial charge in [-0.3, -0.25) is 4.98 Å². The summed E-state index contributed by atoms with van der Waals surface area (Å²) in [6.07, 6.45) is 6.24. The van der Waals surface area contributed by atoms with Crippen LogP contribution in [0, 0.1) is 12.8 Å². The Bertz CT molecular complexity index is 708. The minimum absolute atomic E-state index is 0.244. The van der Waals surface area contributed by atoms with E-state index in [1.807, 2.05) is 26.8 Å². The fraction of sp³-hybridized carbons (Fsp3) is 0.348. The van der Waals surface area contributed by atoms with Crippen LogP contribution in [0.15, 0.2) is 73.0 Å².